The summed E-state index contributed by atoms with van der Waals surface area (Å²) >= 11 is 1.43. The van der Waals surface area contributed by atoms with Crippen LogP contribution < -0.4 is 5.32 Å². The molecule has 0 fully saturated rings. The van der Waals surface area contributed by atoms with Crippen molar-refractivity contribution < 1.29 is 14.7 Å². The summed E-state index contributed by atoms with van der Waals surface area (Å²) < 4.78 is 0. The van der Waals surface area contributed by atoms with Gasteiger partial charge in [-0.1, -0.05) is 38.1 Å². The van der Waals surface area contributed by atoms with Crippen LogP contribution >= 0.6 is 11.3 Å². The topological polar surface area (TPSA) is 79.3 Å². The Kier molecular flexibility index (Phi) is 6.70. The third-order valence-corrected chi connectivity index (χ3v) is 4.59. The molecule has 0 bridgehead atoms. The first-order valence-electron chi connectivity index (χ1n) is 8.43. The fourth-order valence-corrected chi connectivity index (χ4v) is 3.42. The molecule has 0 spiro atoms. The van der Waals surface area contributed by atoms with Gasteiger partial charge in [0, 0.05) is 23.3 Å². The zero-order chi connectivity index (χ0) is 18.4. The van der Waals surface area contributed by atoms with Crippen LogP contribution in [0.4, 0.5) is 5.13 Å². The van der Waals surface area contributed by atoms with E-state index in [0.717, 1.165) is 22.6 Å². The molecular formula is C19H24N2O3S. The highest BCUT2D eigenvalue weighted by Crippen LogP contribution is 2.30. The van der Waals surface area contributed by atoms with Crippen molar-refractivity contribution in [3.8, 4) is 11.3 Å². The van der Waals surface area contributed by atoms with Gasteiger partial charge in [-0.25, -0.2) is 4.98 Å². The molecule has 0 aliphatic heterocycles. The summed E-state index contributed by atoms with van der Waals surface area (Å²) in [7, 11) is 0. The highest BCUT2D eigenvalue weighted by molar-refractivity contribution is 7.16. The number of aryl methyl sites for hydroxylation is 1. The van der Waals surface area contributed by atoms with Crippen molar-refractivity contribution in [2.75, 3.05) is 5.32 Å². The third-order valence-electron chi connectivity index (χ3n) is 3.71. The van der Waals surface area contributed by atoms with E-state index in [0.29, 0.717) is 17.5 Å². The number of hydrogen-bond donors (Lipinski definition) is 2. The maximum absolute atomic E-state index is 11.9. The molecule has 134 valence electrons. The second-order valence-corrected chi connectivity index (χ2v) is 7.72. The van der Waals surface area contributed by atoms with Gasteiger partial charge in [-0.05, 0) is 31.2 Å². The zero-order valence-corrected chi connectivity index (χ0v) is 15.7. The molecule has 5 nitrogen and oxygen atoms in total. The summed E-state index contributed by atoms with van der Waals surface area (Å²) in [6.45, 7) is 6.38. The van der Waals surface area contributed by atoms with Crippen molar-refractivity contribution in [1.82, 2.24) is 4.98 Å². The number of benzene rings is 1. The predicted octanol–water partition coefficient (Wildman–Crippen LogP) is 4.51. The molecule has 2 rings (SSSR count). The predicted molar refractivity (Wildman–Crippen MR) is 101 cm³/mol. The van der Waals surface area contributed by atoms with E-state index in [4.69, 9.17) is 5.11 Å². The number of hydrogen-bond acceptors (Lipinski definition) is 4. The molecule has 0 saturated carbocycles. The van der Waals surface area contributed by atoms with Gasteiger partial charge in [-0.2, -0.15) is 0 Å². The molecule has 0 aliphatic rings. The number of carbonyl (C=O) groups is 2. The first-order chi connectivity index (χ1) is 11.8. The minimum atomic E-state index is -0.888. The standard InChI is InChI=1S/C19H24N2O3S/c1-12(2)11-14-7-9-15(10-8-14)18-13(3)25-19(21-18)20-16(22)5-4-6-17(23)24/h7-10,12H,4-6,11H2,1-3H3,(H,23,24)(H,20,21,22). The average Bonchev–Trinajstić information content (AvgIpc) is 2.87. The summed E-state index contributed by atoms with van der Waals surface area (Å²) in [6, 6.07) is 8.38. The monoisotopic (exact) mass is 360 g/mol. The Morgan fingerprint density at radius 2 is 1.88 bits per heavy atom. The van der Waals surface area contributed by atoms with E-state index in [1.165, 1.54) is 16.9 Å². The van der Waals surface area contributed by atoms with Crippen LogP contribution in [-0.2, 0) is 16.0 Å². The fraction of sp³-hybridized carbons (Fsp3) is 0.421. The molecule has 0 radical (unpaired) electrons. The number of carboxylic acid groups (broad SMARTS) is 1. The first kappa shape index (κ1) is 19.1. The van der Waals surface area contributed by atoms with Crippen molar-refractivity contribution in [3.63, 3.8) is 0 Å². The van der Waals surface area contributed by atoms with Crippen LogP contribution in [0.15, 0.2) is 24.3 Å². The lowest BCUT2D eigenvalue weighted by molar-refractivity contribution is -0.137. The van der Waals surface area contributed by atoms with Crippen molar-refractivity contribution >= 4 is 28.3 Å². The lowest BCUT2D eigenvalue weighted by Gasteiger charge is -2.06. The van der Waals surface area contributed by atoms with Gasteiger partial charge in [-0.15, -0.1) is 11.3 Å². The van der Waals surface area contributed by atoms with Crippen LogP contribution in [0, 0.1) is 12.8 Å². The lowest BCUT2D eigenvalue weighted by Crippen LogP contribution is -2.11. The Hall–Kier alpha value is -2.21. The quantitative estimate of drug-likeness (QED) is 0.726. The summed E-state index contributed by atoms with van der Waals surface area (Å²) in [4.78, 5) is 27.9. The number of carbonyl (C=O) groups excluding carboxylic acids is 1. The van der Waals surface area contributed by atoms with E-state index < -0.39 is 5.97 Å². The Labute approximate surface area is 152 Å². The van der Waals surface area contributed by atoms with Crippen LogP contribution in [-0.4, -0.2) is 22.0 Å². The molecule has 0 atom stereocenters. The smallest absolute Gasteiger partial charge is 0.303 e. The molecule has 1 aromatic heterocycles. The number of carboxylic acids is 1. The number of anilines is 1. The molecule has 2 aromatic rings. The number of nitrogens with one attached hydrogen (secondary N) is 1. The summed E-state index contributed by atoms with van der Waals surface area (Å²) in [5.41, 5.74) is 3.22. The lowest BCUT2D eigenvalue weighted by atomic mass is 10.0. The van der Waals surface area contributed by atoms with Gasteiger partial charge in [-0.3, -0.25) is 9.59 Å². The molecule has 2 N–H and O–H groups in total. The Bertz CT molecular complexity index is 736. The van der Waals surface area contributed by atoms with Crippen molar-refractivity contribution in [2.45, 2.75) is 46.5 Å². The van der Waals surface area contributed by atoms with Gasteiger partial charge < -0.3 is 10.4 Å². The van der Waals surface area contributed by atoms with Crippen LogP contribution in [0.25, 0.3) is 11.3 Å². The van der Waals surface area contributed by atoms with Crippen LogP contribution in [0.3, 0.4) is 0 Å². The zero-order valence-electron chi connectivity index (χ0n) is 14.8. The van der Waals surface area contributed by atoms with E-state index in [1.807, 2.05) is 6.92 Å². The van der Waals surface area contributed by atoms with Gasteiger partial charge in [0.25, 0.3) is 0 Å². The van der Waals surface area contributed by atoms with Crippen LogP contribution in [0.2, 0.25) is 0 Å². The second-order valence-electron chi connectivity index (χ2n) is 6.51. The molecule has 0 aliphatic carbocycles. The van der Waals surface area contributed by atoms with Gasteiger partial charge in [0.15, 0.2) is 5.13 Å². The van der Waals surface area contributed by atoms with E-state index in [-0.39, 0.29) is 18.7 Å². The SMILES string of the molecule is Cc1sc(NC(=O)CCCC(=O)O)nc1-c1ccc(CC(C)C)cc1. The van der Waals surface area contributed by atoms with Crippen molar-refractivity contribution in [2.24, 2.45) is 5.92 Å². The Morgan fingerprint density at radius 3 is 2.48 bits per heavy atom. The molecule has 25 heavy (non-hydrogen) atoms. The van der Waals surface area contributed by atoms with Crippen molar-refractivity contribution in [3.05, 3.63) is 34.7 Å². The molecule has 1 aromatic carbocycles. The normalized spacial score (nSPS) is 10.9. The first-order valence-corrected chi connectivity index (χ1v) is 9.25. The summed E-state index contributed by atoms with van der Waals surface area (Å²) in [5.74, 6) is -0.468. The number of aliphatic carboxylic acids is 1. The van der Waals surface area contributed by atoms with Crippen molar-refractivity contribution in [1.29, 1.82) is 0 Å². The minimum Gasteiger partial charge on any atom is -0.481 e. The maximum atomic E-state index is 11.9. The van der Waals surface area contributed by atoms with Gasteiger partial charge >= 0.3 is 5.97 Å². The third kappa shape index (κ3) is 5.98. The van der Waals surface area contributed by atoms with E-state index in [1.54, 1.807) is 0 Å². The summed E-state index contributed by atoms with van der Waals surface area (Å²) in [6.07, 6.45) is 1.56. The molecule has 0 saturated heterocycles. The molecule has 1 heterocycles. The number of nitrogens with zero attached hydrogens (tertiary/aromatic N) is 1. The molecule has 6 heteroatoms. The molecular weight excluding hydrogens is 336 g/mol. The molecule has 1 amide bonds. The van der Waals surface area contributed by atoms with Gasteiger partial charge in [0.05, 0.1) is 5.69 Å². The highest BCUT2D eigenvalue weighted by Gasteiger charge is 2.12. The Balaban J connectivity index is 2.01. The van der Waals surface area contributed by atoms with Crippen LogP contribution in [0.1, 0.15) is 43.6 Å². The highest BCUT2D eigenvalue weighted by atomic mass is 32.1. The van der Waals surface area contributed by atoms with Crippen LogP contribution in [0.5, 0.6) is 0 Å². The Morgan fingerprint density at radius 1 is 1.20 bits per heavy atom. The van der Waals surface area contributed by atoms with E-state index in [9.17, 15) is 9.59 Å². The fourth-order valence-electron chi connectivity index (χ4n) is 2.57. The largest absolute Gasteiger partial charge is 0.481 e. The number of rotatable bonds is 8. The summed E-state index contributed by atoms with van der Waals surface area (Å²) in [5, 5.41) is 11.9. The minimum absolute atomic E-state index is 0.00169. The maximum Gasteiger partial charge on any atom is 0.303 e. The molecule has 0 unspecified atom stereocenters. The van der Waals surface area contributed by atoms with E-state index >= 15 is 0 Å². The number of thiazole rings is 1. The number of aromatic nitrogens is 1. The average molecular weight is 360 g/mol. The van der Waals surface area contributed by atoms with Gasteiger partial charge in [0.1, 0.15) is 0 Å². The second kappa shape index (κ2) is 8.76. The number of amides is 1. The van der Waals surface area contributed by atoms with E-state index in [2.05, 4.69) is 48.4 Å². The van der Waals surface area contributed by atoms with Gasteiger partial charge in [0.2, 0.25) is 5.91 Å².